The van der Waals surface area contributed by atoms with Gasteiger partial charge in [0.25, 0.3) is 0 Å². The number of rotatable bonds is 1. The Hall–Kier alpha value is -0.590. The maximum absolute atomic E-state index is 8.94. The van der Waals surface area contributed by atoms with Crippen molar-refractivity contribution in [2.24, 2.45) is 0 Å². The summed E-state index contributed by atoms with van der Waals surface area (Å²) in [6.07, 6.45) is 3.42. The summed E-state index contributed by atoms with van der Waals surface area (Å²) in [5, 5.41) is 9.52. The first-order valence-corrected chi connectivity index (χ1v) is 5.08. The second kappa shape index (κ2) is 2.97. The van der Waals surface area contributed by atoms with E-state index in [4.69, 9.17) is 16.9 Å². The SMILES string of the molecule is N#CC1(c2ncc(Br)cc2Cl)CC1. The van der Waals surface area contributed by atoms with Crippen LogP contribution in [0.4, 0.5) is 0 Å². The molecular weight excluding hydrogens is 251 g/mol. The number of nitriles is 1. The normalized spacial score (nSPS) is 17.9. The molecule has 0 bridgehead atoms. The van der Waals surface area contributed by atoms with Crippen molar-refractivity contribution in [3.05, 3.63) is 27.5 Å². The summed E-state index contributed by atoms with van der Waals surface area (Å²) in [6.45, 7) is 0. The molecule has 1 aliphatic rings. The Morgan fingerprint density at radius 1 is 1.62 bits per heavy atom. The number of halogens is 2. The van der Waals surface area contributed by atoms with Gasteiger partial charge in [-0.2, -0.15) is 5.26 Å². The van der Waals surface area contributed by atoms with E-state index >= 15 is 0 Å². The lowest BCUT2D eigenvalue weighted by Crippen LogP contribution is -2.06. The van der Waals surface area contributed by atoms with Crippen LogP contribution in [0.5, 0.6) is 0 Å². The molecule has 13 heavy (non-hydrogen) atoms. The number of nitrogens with zero attached hydrogens (tertiary/aromatic N) is 2. The van der Waals surface area contributed by atoms with Gasteiger partial charge >= 0.3 is 0 Å². The molecule has 0 atom stereocenters. The highest BCUT2D eigenvalue weighted by atomic mass is 79.9. The van der Waals surface area contributed by atoms with Gasteiger partial charge in [0.2, 0.25) is 0 Å². The summed E-state index contributed by atoms with van der Waals surface area (Å²) in [5.74, 6) is 0. The number of hydrogen-bond donors (Lipinski definition) is 0. The highest BCUT2D eigenvalue weighted by Crippen LogP contribution is 2.49. The van der Waals surface area contributed by atoms with Crippen LogP contribution in [-0.2, 0) is 5.41 Å². The predicted octanol–water partition coefficient (Wildman–Crippen LogP) is 3.05. The van der Waals surface area contributed by atoms with E-state index in [1.807, 2.05) is 0 Å². The molecule has 1 aliphatic carbocycles. The van der Waals surface area contributed by atoms with Gasteiger partial charge in [-0.25, -0.2) is 0 Å². The molecule has 1 saturated carbocycles. The molecule has 66 valence electrons. The van der Waals surface area contributed by atoms with Crippen molar-refractivity contribution in [3.8, 4) is 6.07 Å². The van der Waals surface area contributed by atoms with E-state index in [1.54, 1.807) is 12.3 Å². The van der Waals surface area contributed by atoms with Gasteiger partial charge in [-0.1, -0.05) is 11.6 Å². The number of pyridine rings is 1. The first kappa shape index (κ1) is 8.98. The lowest BCUT2D eigenvalue weighted by molar-refractivity contribution is 0.853. The maximum Gasteiger partial charge on any atom is 0.101 e. The zero-order chi connectivity index (χ0) is 9.47. The molecule has 2 rings (SSSR count). The summed E-state index contributed by atoms with van der Waals surface area (Å²) >= 11 is 9.26. The standard InChI is InChI=1S/C9H6BrClN2/c10-6-3-7(11)8(13-4-6)9(5-12)1-2-9/h3-4H,1-2H2. The minimum Gasteiger partial charge on any atom is -0.257 e. The fourth-order valence-corrected chi connectivity index (χ4v) is 2.10. The van der Waals surface area contributed by atoms with E-state index in [0.717, 1.165) is 23.0 Å². The van der Waals surface area contributed by atoms with Crippen molar-refractivity contribution in [3.63, 3.8) is 0 Å². The van der Waals surface area contributed by atoms with E-state index in [1.165, 1.54) is 0 Å². The van der Waals surface area contributed by atoms with Crippen molar-refractivity contribution >= 4 is 27.5 Å². The highest BCUT2D eigenvalue weighted by Gasteiger charge is 2.47. The van der Waals surface area contributed by atoms with Crippen LogP contribution in [0, 0.1) is 11.3 Å². The zero-order valence-corrected chi connectivity index (χ0v) is 9.06. The Morgan fingerprint density at radius 3 is 2.77 bits per heavy atom. The van der Waals surface area contributed by atoms with Crippen molar-refractivity contribution in [2.45, 2.75) is 18.3 Å². The average molecular weight is 258 g/mol. The Bertz CT molecular complexity index is 393. The van der Waals surface area contributed by atoms with Crippen LogP contribution in [0.25, 0.3) is 0 Å². The van der Waals surface area contributed by atoms with Gasteiger partial charge in [-0.05, 0) is 34.8 Å². The summed E-state index contributed by atoms with van der Waals surface area (Å²) in [6, 6.07) is 4.05. The molecular formula is C9H6BrClN2. The van der Waals surface area contributed by atoms with Crippen LogP contribution in [0.15, 0.2) is 16.7 Å². The van der Waals surface area contributed by atoms with Gasteiger partial charge in [0, 0.05) is 10.7 Å². The van der Waals surface area contributed by atoms with E-state index in [-0.39, 0.29) is 0 Å². The lowest BCUT2D eigenvalue weighted by Gasteiger charge is -2.06. The molecule has 0 saturated heterocycles. The minimum atomic E-state index is -0.391. The van der Waals surface area contributed by atoms with Crippen molar-refractivity contribution < 1.29 is 0 Å². The van der Waals surface area contributed by atoms with Crippen molar-refractivity contribution in [1.82, 2.24) is 4.98 Å². The fourth-order valence-electron chi connectivity index (χ4n) is 1.29. The van der Waals surface area contributed by atoms with Gasteiger partial charge in [0.15, 0.2) is 0 Å². The second-order valence-electron chi connectivity index (χ2n) is 3.18. The third-order valence-electron chi connectivity index (χ3n) is 2.23. The Morgan fingerprint density at radius 2 is 2.31 bits per heavy atom. The number of hydrogen-bond acceptors (Lipinski definition) is 2. The topological polar surface area (TPSA) is 36.7 Å². The third-order valence-corrected chi connectivity index (χ3v) is 2.95. The Kier molecular flexibility index (Phi) is 2.05. The highest BCUT2D eigenvalue weighted by molar-refractivity contribution is 9.10. The molecule has 1 fully saturated rings. The maximum atomic E-state index is 8.94. The zero-order valence-electron chi connectivity index (χ0n) is 6.72. The van der Waals surface area contributed by atoms with E-state index in [9.17, 15) is 0 Å². The molecule has 0 radical (unpaired) electrons. The van der Waals surface area contributed by atoms with Gasteiger partial charge in [0.1, 0.15) is 5.41 Å². The average Bonchev–Trinajstić information content (AvgIpc) is 2.85. The van der Waals surface area contributed by atoms with E-state index in [0.29, 0.717) is 5.02 Å². The Balaban J connectivity index is 2.48. The van der Waals surface area contributed by atoms with Crippen LogP contribution < -0.4 is 0 Å². The summed E-state index contributed by atoms with van der Waals surface area (Å²) in [5.41, 5.74) is 0.331. The molecule has 4 heteroatoms. The summed E-state index contributed by atoms with van der Waals surface area (Å²) < 4.78 is 0.843. The molecule has 0 amide bonds. The monoisotopic (exact) mass is 256 g/mol. The summed E-state index contributed by atoms with van der Waals surface area (Å²) in [7, 11) is 0. The van der Waals surface area contributed by atoms with Crippen LogP contribution in [0.3, 0.4) is 0 Å². The van der Waals surface area contributed by atoms with Crippen LogP contribution in [0.1, 0.15) is 18.5 Å². The Labute approximate surface area is 89.7 Å². The molecule has 0 spiro atoms. The molecule has 1 aromatic heterocycles. The van der Waals surface area contributed by atoms with Crippen molar-refractivity contribution in [2.75, 3.05) is 0 Å². The lowest BCUT2D eigenvalue weighted by atomic mass is 10.0. The third kappa shape index (κ3) is 1.45. The molecule has 0 aromatic carbocycles. The molecule has 0 aliphatic heterocycles. The van der Waals surface area contributed by atoms with Gasteiger partial charge in [-0.3, -0.25) is 4.98 Å². The quantitative estimate of drug-likeness (QED) is 0.775. The molecule has 1 aromatic rings. The minimum absolute atomic E-state index is 0.391. The van der Waals surface area contributed by atoms with Crippen LogP contribution in [0.2, 0.25) is 5.02 Å². The van der Waals surface area contributed by atoms with Gasteiger partial charge in [-0.15, -0.1) is 0 Å². The molecule has 0 unspecified atom stereocenters. The smallest absolute Gasteiger partial charge is 0.101 e. The summed E-state index contributed by atoms with van der Waals surface area (Å²) in [4.78, 5) is 4.18. The van der Waals surface area contributed by atoms with Gasteiger partial charge < -0.3 is 0 Å². The second-order valence-corrected chi connectivity index (χ2v) is 4.50. The van der Waals surface area contributed by atoms with E-state index in [2.05, 4.69) is 27.0 Å². The number of aromatic nitrogens is 1. The van der Waals surface area contributed by atoms with Gasteiger partial charge in [0.05, 0.1) is 16.8 Å². The first-order chi connectivity index (χ1) is 6.18. The molecule has 0 N–H and O–H groups in total. The van der Waals surface area contributed by atoms with E-state index < -0.39 is 5.41 Å². The van der Waals surface area contributed by atoms with Crippen LogP contribution in [-0.4, -0.2) is 4.98 Å². The molecule has 2 nitrogen and oxygen atoms in total. The molecule has 1 heterocycles. The van der Waals surface area contributed by atoms with Crippen molar-refractivity contribution in [1.29, 1.82) is 5.26 Å². The predicted molar refractivity (Wildman–Crippen MR) is 53.5 cm³/mol. The fraction of sp³-hybridized carbons (Fsp3) is 0.333. The van der Waals surface area contributed by atoms with Crippen LogP contribution >= 0.6 is 27.5 Å². The largest absolute Gasteiger partial charge is 0.257 e. The first-order valence-electron chi connectivity index (χ1n) is 3.91.